The molecule has 0 radical (unpaired) electrons. The Morgan fingerprint density at radius 1 is 1.12 bits per heavy atom. The lowest BCUT2D eigenvalue weighted by molar-refractivity contribution is 0.0467. The molecular weight excluding hydrogens is 326 g/mol. The van der Waals surface area contributed by atoms with E-state index < -0.39 is 16.8 Å². The Bertz CT molecular complexity index is 856. The Morgan fingerprint density at radius 2 is 1.83 bits per heavy atom. The van der Waals surface area contributed by atoms with Crippen molar-refractivity contribution in [2.45, 2.75) is 11.5 Å². The Hall–Kier alpha value is -2.73. The fraction of sp³-hybridized carbons (Fsp3) is 0.111. The Kier molecular flexibility index (Phi) is 4.86. The van der Waals surface area contributed by atoms with Crippen LogP contribution in [0.25, 0.3) is 11.5 Å². The molecule has 0 aliphatic rings. The van der Waals surface area contributed by atoms with E-state index >= 15 is 0 Å². The molecule has 24 heavy (non-hydrogen) atoms. The summed E-state index contributed by atoms with van der Waals surface area (Å²) in [6.07, 6.45) is 3.06. The SMILES string of the molecule is CS(=O)c1ccc(C(=O)OCc2coc(-c3ccccc3)n2)cc1. The standard InChI is InChI=1S/C18H15NO4S/c1-24(21)16-9-7-14(8-10-16)18(20)23-12-15-11-22-17(19-15)13-5-3-2-4-6-13/h2-11H,12H2,1H3. The van der Waals surface area contributed by atoms with Crippen LogP contribution in [0.3, 0.4) is 0 Å². The zero-order valence-electron chi connectivity index (χ0n) is 13.0. The largest absolute Gasteiger partial charge is 0.455 e. The van der Waals surface area contributed by atoms with Crippen molar-refractivity contribution < 1.29 is 18.2 Å². The molecule has 1 aromatic heterocycles. The van der Waals surface area contributed by atoms with Gasteiger partial charge in [0.1, 0.15) is 18.6 Å². The lowest BCUT2D eigenvalue weighted by Crippen LogP contribution is -2.05. The molecule has 1 heterocycles. The highest BCUT2D eigenvalue weighted by Gasteiger charge is 2.11. The van der Waals surface area contributed by atoms with E-state index in [9.17, 15) is 9.00 Å². The number of nitrogens with zero attached hydrogens (tertiary/aromatic N) is 1. The van der Waals surface area contributed by atoms with Gasteiger partial charge in [0, 0.05) is 27.5 Å². The molecule has 5 nitrogen and oxygen atoms in total. The predicted octanol–water partition coefficient (Wildman–Crippen LogP) is 3.44. The van der Waals surface area contributed by atoms with E-state index in [-0.39, 0.29) is 6.61 Å². The maximum Gasteiger partial charge on any atom is 0.338 e. The summed E-state index contributed by atoms with van der Waals surface area (Å²) in [6.45, 7) is 0.0244. The third-order valence-electron chi connectivity index (χ3n) is 3.35. The first-order chi connectivity index (χ1) is 11.6. The number of aromatic nitrogens is 1. The van der Waals surface area contributed by atoms with Crippen LogP contribution in [0, 0.1) is 0 Å². The second-order valence-electron chi connectivity index (χ2n) is 5.06. The number of hydrogen-bond donors (Lipinski definition) is 0. The monoisotopic (exact) mass is 341 g/mol. The molecule has 0 saturated carbocycles. The molecule has 0 saturated heterocycles. The van der Waals surface area contributed by atoms with E-state index in [4.69, 9.17) is 9.15 Å². The van der Waals surface area contributed by atoms with E-state index in [1.54, 1.807) is 30.5 Å². The van der Waals surface area contributed by atoms with Crippen molar-refractivity contribution in [2.75, 3.05) is 6.26 Å². The molecule has 0 aliphatic heterocycles. The Morgan fingerprint density at radius 3 is 2.50 bits per heavy atom. The van der Waals surface area contributed by atoms with Gasteiger partial charge in [-0.2, -0.15) is 0 Å². The third-order valence-corrected chi connectivity index (χ3v) is 4.28. The van der Waals surface area contributed by atoms with Gasteiger partial charge in [-0.05, 0) is 36.4 Å². The summed E-state index contributed by atoms with van der Waals surface area (Å²) >= 11 is 0. The lowest BCUT2D eigenvalue weighted by Gasteiger charge is -2.03. The molecule has 1 atom stereocenters. The smallest absolute Gasteiger partial charge is 0.338 e. The number of ether oxygens (including phenoxy) is 1. The number of esters is 1. The summed E-state index contributed by atoms with van der Waals surface area (Å²) in [5.74, 6) is 0.0177. The molecule has 1 unspecified atom stereocenters. The molecule has 0 N–H and O–H groups in total. The van der Waals surface area contributed by atoms with Crippen LogP contribution in [0.1, 0.15) is 16.1 Å². The maximum atomic E-state index is 12.0. The van der Waals surface area contributed by atoms with E-state index in [1.807, 2.05) is 30.3 Å². The summed E-state index contributed by atoms with van der Waals surface area (Å²) in [6, 6.07) is 16.0. The van der Waals surface area contributed by atoms with E-state index in [2.05, 4.69) is 4.98 Å². The van der Waals surface area contributed by atoms with Crippen molar-refractivity contribution in [1.29, 1.82) is 0 Å². The normalized spacial score (nSPS) is 11.9. The van der Waals surface area contributed by atoms with Crippen molar-refractivity contribution in [3.8, 4) is 11.5 Å². The zero-order valence-corrected chi connectivity index (χ0v) is 13.8. The number of carbonyl (C=O) groups excluding carboxylic acids is 1. The second kappa shape index (κ2) is 7.23. The van der Waals surface area contributed by atoms with Crippen LogP contribution in [-0.2, 0) is 22.1 Å². The minimum atomic E-state index is -1.07. The molecule has 0 aliphatic carbocycles. The number of benzene rings is 2. The first-order valence-corrected chi connectivity index (χ1v) is 8.80. The van der Waals surface area contributed by atoms with Crippen molar-refractivity contribution >= 4 is 16.8 Å². The summed E-state index contributed by atoms with van der Waals surface area (Å²) in [5.41, 5.74) is 1.79. The first kappa shape index (κ1) is 16.1. The van der Waals surface area contributed by atoms with Crippen LogP contribution in [0.4, 0.5) is 0 Å². The van der Waals surface area contributed by atoms with E-state index in [0.717, 1.165) is 5.56 Å². The molecule has 0 bridgehead atoms. The Labute approximate surface area is 141 Å². The summed E-state index contributed by atoms with van der Waals surface area (Å²) in [5, 5.41) is 0. The highest BCUT2D eigenvalue weighted by atomic mass is 32.2. The van der Waals surface area contributed by atoms with Gasteiger partial charge in [-0.3, -0.25) is 4.21 Å². The summed E-state index contributed by atoms with van der Waals surface area (Å²) in [7, 11) is -1.07. The van der Waals surface area contributed by atoms with Crippen molar-refractivity contribution in [1.82, 2.24) is 4.98 Å². The van der Waals surface area contributed by atoms with Crippen LogP contribution >= 0.6 is 0 Å². The van der Waals surface area contributed by atoms with Gasteiger partial charge in [-0.15, -0.1) is 0 Å². The van der Waals surface area contributed by atoms with Crippen LogP contribution in [0.5, 0.6) is 0 Å². The number of oxazole rings is 1. The molecular formula is C18H15NO4S. The summed E-state index contributed by atoms with van der Waals surface area (Å²) < 4.78 is 22.0. The molecule has 6 heteroatoms. The topological polar surface area (TPSA) is 69.4 Å². The molecule has 3 rings (SSSR count). The highest BCUT2D eigenvalue weighted by molar-refractivity contribution is 7.84. The van der Waals surface area contributed by atoms with Crippen LogP contribution in [-0.4, -0.2) is 21.4 Å². The van der Waals surface area contributed by atoms with Crippen LogP contribution in [0.15, 0.2) is 70.2 Å². The predicted molar refractivity (Wildman–Crippen MR) is 89.8 cm³/mol. The number of carbonyl (C=O) groups is 1. The zero-order chi connectivity index (χ0) is 16.9. The molecule has 0 amide bonds. The summed E-state index contributed by atoms with van der Waals surface area (Å²) in [4.78, 5) is 17.0. The number of hydrogen-bond acceptors (Lipinski definition) is 5. The van der Waals surface area contributed by atoms with Gasteiger partial charge in [0.25, 0.3) is 0 Å². The van der Waals surface area contributed by atoms with Gasteiger partial charge in [-0.1, -0.05) is 18.2 Å². The third kappa shape index (κ3) is 3.78. The molecule has 122 valence electrons. The number of rotatable bonds is 5. The minimum Gasteiger partial charge on any atom is -0.455 e. The minimum absolute atomic E-state index is 0.0244. The fourth-order valence-electron chi connectivity index (χ4n) is 2.09. The quantitative estimate of drug-likeness (QED) is 0.665. The molecule has 3 aromatic rings. The van der Waals surface area contributed by atoms with Crippen molar-refractivity contribution in [3.63, 3.8) is 0 Å². The molecule has 2 aromatic carbocycles. The van der Waals surface area contributed by atoms with Gasteiger partial charge >= 0.3 is 5.97 Å². The lowest BCUT2D eigenvalue weighted by atomic mass is 10.2. The van der Waals surface area contributed by atoms with Gasteiger partial charge in [0.15, 0.2) is 0 Å². The second-order valence-corrected chi connectivity index (χ2v) is 6.44. The van der Waals surface area contributed by atoms with Gasteiger partial charge in [-0.25, -0.2) is 9.78 Å². The van der Waals surface area contributed by atoms with Crippen molar-refractivity contribution in [2.24, 2.45) is 0 Å². The Balaban J connectivity index is 1.62. The van der Waals surface area contributed by atoms with E-state index in [1.165, 1.54) is 6.26 Å². The molecule has 0 spiro atoms. The maximum absolute atomic E-state index is 12.0. The van der Waals surface area contributed by atoms with Gasteiger partial charge in [0.05, 0.1) is 5.56 Å². The van der Waals surface area contributed by atoms with Crippen LogP contribution < -0.4 is 0 Å². The fourth-order valence-corrected chi connectivity index (χ4v) is 2.61. The van der Waals surface area contributed by atoms with Gasteiger partial charge in [0.2, 0.25) is 5.89 Å². The highest BCUT2D eigenvalue weighted by Crippen LogP contribution is 2.18. The molecule has 0 fully saturated rings. The van der Waals surface area contributed by atoms with Crippen molar-refractivity contribution in [3.05, 3.63) is 72.1 Å². The average Bonchev–Trinajstić information content (AvgIpc) is 3.09. The first-order valence-electron chi connectivity index (χ1n) is 7.24. The van der Waals surface area contributed by atoms with E-state index in [0.29, 0.717) is 22.0 Å². The average molecular weight is 341 g/mol. The van der Waals surface area contributed by atoms with Gasteiger partial charge < -0.3 is 9.15 Å². The van der Waals surface area contributed by atoms with Crippen LogP contribution in [0.2, 0.25) is 0 Å².